The highest BCUT2D eigenvalue weighted by molar-refractivity contribution is 6.13. The maximum absolute atomic E-state index is 13.2. The van der Waals surface area contributed by atoms with Gasteiger partial charge in [0.2, 0.25) is 5.88 Å². The largest absolute Gasteiger partial charge is 0.481 e. The van der Waals surface area contributed by atoms with Gasteiger partial charge in [-0.3, -0.25) is 14.8 Å². The second-order valence-corrected chi connectivity index (χ2v) is 8.18. The summed E-state index contributed by atoms with van der Waals surface area (Å²) in [5.74, 6) is 1.26. The van der Waals surface area contributed by atoms with Crippen LogP contribution < -0.4 is 15.0 Å². The highest BCUT2D eigenvalue weighted by Gasteiger charge is 2.32. The molecule has 0 fully saturated rings. The Balaban J connectivity index is 1.56. The first-order chi connectivity index (χ1) is 13.9. The Bertz CT molecular complexity index is 1050. The Kier molecular flexibility index (Phi) is 4.74. The van der Waals surface area contributed by atoms with Gasteiger partial charge in [0.1, 0.15) is 5.82 Å². The van der Waals surface area contributed by atoms with Crippen LogP contribution in [-0.2, 0) is 18.5 Å². The SMILES string of the molecule is COc1cc(CNc2cccc3c2C(=O)N(c2cc(C(C)(C)C)n[nH]2)C3)ccn1. The van der Waals surface area contributed by atoms with Crippen molar-refractivity contribution in [1.29, 1.82) is 0 Å². The molecule has 0 aliphatic carbocycles. The summed E-state index contributed by atoms with van der Waals surface area (Å²) in [5.41, 5.74) is 4.41. The first-order valence-corrected chi connectivity index (χ1v) is 9.59. The predicted octanol–water partition coefficient (Wildman–Crippen LogP) is 3.88. The zero-order valence-electron chi connectivity index (χ0n) is 17.1. The van der Waals surface area contributed by atoms with Crippen LogP contribution in [0.25, 0.3) is 0 Å². The molecule has 2 aromatic heterocycles. The van der Waals surface area contributed by atoms with Gasteiger partial charge in [0.05, 0.1) is 24.9 Å². The lowest BCUT2D eigenvalue weighted by Crippen LogP contribution is -2.24. The smallest absolute Gasteiger partial charge is 0.262 e. The number of carbonyl (C=O) groups excluding carboxylic acids is 1. The zero-order valence-corrected chi connectivity index (χ0v) is 17.1. The van der Waals surface area contributed by atoms with Crippen LogP contribution in [0.1, 0.15) is 48.0 Å². The number of aromatic amines is 1. The summed E-state index contributed by atoms with van der Waals surface area (Å²) >= 11 is 0. The fourth-order valence-electron chi connectivity index (χ4n) is 3.41. The summed E-state index contributed by atoms with van der Waals surface area (Å²) in [6, 6.07) is 11.7. The first kappa shape index (κ1) is 19.0. The number of benzene rings is 1. The number of rotatable bonds is 5. The number of hydrogen-bond acceptors (Lipinski definition) is 5. The van der Waals surface area contributed by atoms with Gasteiger partial charge in [0.15, 0.2) is 0 Å². The van der Waals surface area contributed by atoms with E-state index in [1.165, 1.54) is 0 Å². The molecule has 29 heavy (non-hydrogen) atoms. The molecule has 3 heterocycles. The molecule has 1 aromatic carbocycles. The highest BCUT2D eigenvalue weighted by atomic mass is 16.5. The summed E-state index contributed by atoms with van der Waals surface area (Å²) in [5, 5.41) is 10.8. The van der Waals surface area contributed by atoms with Crippen LogP contribution in [0.15, 0.2) is 42.6 Å². The standard InChI is InChI=1S/C22H25N5O2/c1-22(2,3)17-11-18(26-25-17)27-13-15-6-5-7-16(20(15)21(27)28)24-12-14-8-9-23-19(10-14)29-4/h5-11,24H,12-13H2,1-4H3,(H,25,26). The van der Waals surface area contributed by atoms with Gasteiger partial charge in [-0.25, -0.2) is 4.98 Å². The van der Waals surface area contributed by atoms with Gasteiger partial charge < -0.3 is 10.1 Å². The van der Waals surface area contributed by atoms with E-state index in [0.717, 1.165) is 28.3 Å². The average molecular weight is 391 g/mol. The molecule has 0 atom stereocenters. The fraction of sp³-hybridized carbons (Fsp3) is 0.318. The van der Waals surface area contributed by atoms with Crippen LogP contribution in [0.2, 0.25) is 0 Å². The van der Waals surface area contributed by atoms with Gasteiger partial charge in [-0.2, -0.15) is 5.10 Å². The van der Waals surface area contributed by atoms with Crippen molar-refractivity contribution >= 4 is 17.4 Å². The van der Waals surface area contributed by atoms with Gasteiger partial charge in [-0.1, -0.05) is 32.9 Å². The molecule has 1 aliphatic heterocycles. The molecule has 7 nitrogen and oxygen atoms in total. The van der Waals surface area contributed by atoms with Crippen molar-refractivity contribution in [2.75, 3.05) is 17.3 Å². The van der Waals surface area contributed by atoms with Crippen molar-refractivity contribution in [1.82, 2.24) is 15.2 Å². The molecular weight excluding hydrogens is 366 g/mol. The maximum atomic E-state index is 13.2. The molecule has 0 bridgehead atoms. The number of carbonyl (C=O) groups is 1. The van der Waals surface area contributed by atoms with E-state index in [2.05, 4.69) is 41.3 Å². The number of fused-ring (bicyclic) bond motifs is 1. The fourth-order valence-corrected chi connectivity index (χ4v) is 3.41. The average Bonchev–Trinajstić information content (AvgIpc) is 3.32. The number of methoxy groups -OCH3 is 1. The molecule has 0 radical (unpaired) electrons. The van der Waals surface area contributed by atoms with Crippen molar-refractivity contribution in [3.05, 3.63) is 65.0 Å². The topological polar surface area (TPSA) is 83.1 Å². The third-order valence-electron chi connectivity index (χ3n) is 5.05. The molecule has 1 amide bonds. The van der Waals surface area contributed by atoms with Crippen LogP contribution in [0.5, 0.6) is 5.88 Å². The molecule has 7 heteroatoms. The molecule has 4 rings (SSSR count). The predicted molar refractivity (Wildman–Crippen MR) is 112 cm³/mol. The molecule has 150 valence electrons. The molecule has 0 saturated carbocycles. The monoisotopic (exact) mass is 391 g/mol. The lowest BCUT2D eigenvalue weighted by molar-refractivity contribution is 0.0996. The summed E-state index contributed by atoms with van der Waals surface area (Å²) in [4.78, 5) is 19.1. The minimum atomic E-state index is -0.0807. The summed E-state index contributed by atoms with van der Waals surface area (Å²) in [6.07, 6.45) is 1.71. The number of H-pyrrole nitrogens is 1. The summed E-state index contributed by atoms with van der Waals surface area (Å²) in [6.45, 7) is 7.40. The number of anilines is 2. The van der Waals surface area contributed by atoms with E-state index in [4.69, 9.17) is 4.74 Å². The van der Waals surface area contributed by atoms with Crippen LogP contribution in [-0.4, -0.2) is 28.2 Å². The number of ether oxygens (including phenoxy) is 1. The molecule has 0 unspecified atom stereocenters. The van der Waals surface area contributed by atoms with Gasteiger partial charge in [-0.15, -0.1) is 0 Å². The van der Waals surface area contributed by atoms with Crippen molar-refractivity contribution < 1.29 is 9.53 Å². The maximum Gasteiger partial charge on any atom is 0.262 e. The Labute approximate surface area is 170 Å². The minimum Gasteiger partial charge on any atom is -0.481 e. The van der Waals surface area contributed by atoms with E-state index >= 15 is 0 Å². The van der Waals surface area contributed by atoms with E-state index in [9.17, 15) is 4.79 Å². The summed E-state index contributed by atoms with van der Waals surface area (Å²) < 4.78 is 5.18. The number of nitrogens with one attached hydrogen (secondary N) is 2. The van der Waals surface area contributed by atoms with Crippen LogP contribution >= 0.6 is 0 Å². The van der Waals surface area contributed by atoms with Crippen LogP contribution in [0.3, 0.4) is 0 Å². The molecule has 3 aromatic rings. The second kappa shape index (κ2) is 7.24. The molecule has 0 spiro atoms. The van der Waals surface area contributed by atoms with Crippen molar-refractivity contribution in [2.45, 2.75) is 39.3 Å². The molecule has 2 N–H and O–H groups in total. The van der Waals surface area contributed by atoms with Crippen LogP contribution in [0.4, 0.5) is 11.5 Å². The van der Waals surface area contributed by atoms with Gasteiger partial charge in [-0.05, 0) is 23.3 Å². The normalized spacial score (nSPS) is 13.5. The number of pyridine rings is 1. The van der Waals surface area contributed by atoms with E-state index in [0.29, 0.717) is 24.5 Å². The Hall–Kier alpha value is -3.35. The number of hydrogen-bond donors (Lipinski definition) is 2. The van der Waals surface area contributed by atoms with Gasteiger partial charge >= 0.3 is 0 Å². The van der Waals surface area contributed by atoms with Gasteiger partial charge in [0, 0.05) is 36.0 Å². The highest BCUT2D eigenvalue weighted by Crippen LogP contribution is 2.33. The molecular formula is C22H25N5O2. The quantitative estimate of drug-likeness (QED) is 0.690. The van der Waals surface area contributed by atoms with Crippen LogP contribution in [0, 0.1) is 0 Å². The Morgan fingerprint density at radius 2 is 2.07 bits per heavy atom. The lowest BCUT2D eigenvalue weighted by atomic mass is 9.92. The van der Waals surface area contributed by atoms with E-state index in [-0.39, 0.29) is 11.3 Å². The van der Waals surface area contributed by atoms with Gasteiger partial charge in [0.25, 0.3) is 5.91 Å². The minimum absolute atomic E-state index is 0.0282. The number of nitrogens with zero attached hydrogens (tertiary/aromatic N) is 3. The third-order valence-corrected chi connectivity index (χ3v) is 5.05. The van der Waals surface area contributed by atoms with E-state index in [1.807, 2.05) is 36.4 Å². The Morgan fingerprint density at radius 1 is 1.24 bits per heavy atom. The molecule has 0 saturated heterocycles. The zero-order chi connectivity index (χ0) is 20.6. The number of aromatic nitrogens is 3. The third kappa shape index (κ3) is 3.68. The first-order valence-electron chi connectivity index (χ1n) is 9.59. The van der Waals surface area contributed by atoms with Crippen molar-refractivity contribution in [3.8, 4) is 5.88 Å². The second-order valence-electron chi connectivity index (χ2n) is 8.18. The van der Waals surface area contributed by atoms with Crippen molar-refractivity contribution in [3.63, 3.8) is 0 Å². The number of amides is 1. The lowest BCUT2D eigenvalue weighted by Gasteiger charge is -2.15. The van der Waals surface area contributed by atoms with E-state index < -0.39 is 0 Å². The van der Waals surface area contributed by atoms with E-state index in [1.54, 1.807) is 18.2 Å². The summed E-state index contributed by atoms with van der Waals surface area (Å²) in [7, 11) is 1.59. The van der Waals surface area contributed by atoms with Crippen molar-refractivity contribution in [2.24, 2.45) is 0 Å². The molecule has 1 aliphatic rings. The Morgan fingerprint density at radius 3 is 2.79 bits per heavy atom.